The first-order valence-corrected chi connectivity index (χ1v) is 18.5. The molecule has 2 aromatic heterocycles. The number of fused-ring (bicyclic) bond motifs is 5. The van der Waals surface area contributed by atoms with E-state index in [0.717, 1.165) is 32.2 Å². The highest BCUT2D eigenvalue weighted by Gasteiger charge is 2.54. The van der Waals surface area contributed by atoms with E-state index in [1.54, 1.807) is 0 Å². The first-order valence-electron chi connectivity index (χ1n) is 18.5. The Morgan fingerprint density at radius 2 is 1.94 bits per heavy atom. The molecule has 11 nitrogen and oxygen atoms in total. The van der Waals surface area contributed by atoms with Gasteiger partial charge in [0.1, 0.15) is 47.3 Å². The van der Waals surface area contributed by atoms with Crippen LogP contribution in [0.4, 0.5) is 19.0 Å². The monoisotopic (exact) mass is 740 g/mol. The highest BCUT2D eigenvalue weighted by atomic mass is 19.1. The van der Waals surface area contributed by atoms with Gasteiger partial charge in [0.25, 0.3) is 5.91 Å². The van der Waals surface area contributed by atoms with Crippen molar-refractivity contribution in [2.75, 3.05) is 37.7 Å². The van der Waals surface area contributed by atoms with Gasteiger partial charge in [0.15, 0.2) is 11.9 Å². The van der Waals surface area contributed by atoms with Crippen molar-refractivity contribution in [3.05, 3.63) is 47.7 Å². The number of aromatic hydroxyl groups is 1. The molecule has 0 aliphatic carbocycles. The number of hydrogen-bond acceptors (Lipinski definition) is 10. The SMILES string of the molecule is C#Cc1c(F)ccc2cc(O)cc(-c3ncc4c(N5CC6CCC(C5)N6C(=O)[C@@H]5OC(=O)[C@H]5C(C)C)nc(OC[C@@]56CCCN5C[C@H](F)C6)nc4c3F)c12. The molecule has 5 aliphatic heterocycles. The minimum absolute atomic E-state index is 0.0388. The van der Waals surface area contributed by atoms with Crippen molar-refractivity contribution in [1.29, 1.82) is 0 Å². The summed E-state index contributed by atoms with van der Waals surface area (Å²) in [6, 6.07) is 4.83. The number of alkyl halides is 1. The number of carbonyl (C=O) groups excluding carboxylic acids is 2. The summed E-state index contributed by atoms with van der Waals surface area (Å²) in [6.07, 6.45) is 8.80. The number of esters is 1. The van der Waals surface area contributed by atoms with Gasteiger partial charge in [-0.1, -0.05) is 25.8 Å². The van der Waals surface area contributed by atoms with Crippen LogP contribution < -0.4 is 9.64 Å². The second kappa shape index (κ2) is 12.7. The van der Waals surface area contributed by atoms with E-state index in [0.29, 0.717) is 37.3 Å². The Labute approximate surface area is 309 Å². The number of carbonyl (C=O) groups is 2. The summed E-state index contributed by atoms with van der Waals surface area (Å²) >= 11 is 0. The molecular weight excluding hydrogens is 701 g/mol. The molecule has 2 unspecified atom stereocenters. The number of terminal acetylenes is 1. The predicted octanol–water partition coefficient (Wildman–Crippen LogP) is 5.14. The lowest BCUT2D eigenvalue weighted by atomic mass is 9.85. The number of piperazine rings is 1. The zero-order chi connectivity index (χ0) is 37.6. The van der Waals surface area contributed by atoms with E-state index >= 15 is 4.39 Å². The summed E-state index contributed by atoms with van der Waals surface area (Å²) in [5.41, 5.74) is -0.847. The fourth-order valence-electron chi connectivity index (χ4n) is 9.65. The first kappa shape index (κ1) is 34.6. The maximum atomic E-state index is 17.1. The zero-order valence-corrected chi connectivity index (χ0v) is 29.9. The third-order valence-corrected chi connectivity index (χ3v) is 12.2. The van der Waals surface area contributed by atoms with Gasteiger partial charge in [0.2, 0.25) is 0 Å². The molecule has 5 saturated heterocycles. The largest absolute Gasteiger partial charge is 0.508 e. The molecule has 1 amide bonds. The van der Waals surface area contributed by atoms with Crippen molar-refractivity contribution in [3.8, 4) is 35.4 Å². The number of benzene rings is 2. The van der Waals surface area contributed by atoms with Gasteiger partial charge in [-0.15, -0.1) is 6.42 Å². The standard InChI is InChI=1S/C40H39F3N6O5/c1-4-26-29(42)9-6-21-12-25(50)13-27(31(21)26)33-32(43)34-28(15-44-33)36(46-39(45-34)53-19-40-10-5-11-48(40)16-22(41)14-40)47-17-23-7-8-24(18-47)49(23)37(51)35-30(20(2)3)38(52)54-35/h1,6,9,12-13,15,20,22-24,30,35,50H,5,7-8,10-11,14,16-19H2,2-3H3/t22-,23?,24?,30+,35-,40+/m1/s1. The van der Waals surface area contributed by atoms with E-state index in [-0.39, 0.29) is 81.4 Å². The molecule has 5 fully saturated rings. The van der Waals surface area contributed by atoms with Crippen LogP contribution in [-0.2, 0) is 14.3 Å². The van der Waals surface area contributed by atoms with Gasteiger partial charge < -0.3 is 24.4 Å². The Kier molecular flexibility index (Phi) is 8.15. The minimum atomic E-state index is -0.975. The minimum Gasteiger partial charge on any atom is -0.508 e. The molecular formula is C40H39F3N6O5. The van der Waals surface area contributed by atoms with E-state index < -0.39 is 35.4 Å². The van der Waals surface area contributed by atoms with Crippen LogP contribution in [0.3, 0.4) is 0 Å². The number of phenols is 1. The topological polar surface area (TPSA) is 121 Å². The summed E-state index contributed by atoms with van der Waals surface area (Å²) in [4.78, 5) is 45.8. The Balaban J connectivity index is 1.12. The van der Waals surface area contributed by atoms with Gasteiger partial charge >= 0.3 is 12.0 Å². The second-order valence-electron chi connectivity index (χ2n) is 15.7. The summed E-state index contributed by atoms with van der Waals surface area (Å²) in [5.74, 6) is -0.0805. The lowest BCUT2D eigenvalue weighted by Gasteiger charge is -2.45. The van der Waals surface area contributed by atoms with Crippen molar-refractivity contribution in [3.63, 3.8) is 0 Å². The predicted molar refractivity (Wildman–Crippen MR) is 192 cm³/mol. The number of nitrogens with zero attached hydrogens (tertiary/aromatic N) is 6. The van der Waals surface area contributed by atoms with E-state index in [1.165, 1.54) is 30.5 Å². The molecule has 5 aliphatic rings. The van der Waals surface area contributed by atoms with Crippen LogP contribution in [0.25, 0.3) is 32.9 Å². The number of cyclic esters (lactones) is 1. The molecule has 54 heavy (non-hydrogen) atoms. The van der Waals surface area contributed by atoms with Gasteiger partial charge in [-0.3, -0.25) is 19.5 Å². The first-order chi connectivity index (χ1) is 26.0. The molecule has 6 atom stereocenters. The van der Waals surface area contributed by atoms with E-state index in [2.05, 4.69) is 20.8 Å². The highest BCUT2D eigenvalue weighted by Crippen LogP contribution is 2.43. The Morgan fingerprint density at radius 3 is 2.67 bits per heavy atom. The van der Waals surface area contributed by atoms with E-state index in [1.807, 2.05) is 23.6 Å². The summed E-state index contributed by atoms with van der Waals surface area (Å²) in [7, 11) is 0. The molecule has 14 heteroatoms. The van der Waals surface area contributed by atoms with Crippen molar-refractivity contribution >= 4 is 39.4 Å². The average Bonchev–Trinajstić information content (AvgIpc) is 3.75. The van der Waals surface area contributed by atoms with Crippen LogP contribution in [0.5, 0.6) is 11.8 Å². The zero-order valence-electron chi connectivity index (χ0n) is 29.9. The number of rotatable bonds is 7. The van der Waals surface area contributed by atoms with Crippen LogP contribution in [-0.4, -0.2) is 104 Å². The van der Waals surface area contributed by atoms with Gasteiger partial charge in [-0.25, -0.2) is 13.2 Å². The normalized spacial score (nSPS) is 27.7. The van der Waals surface area contributed by atoms with Crippen LogP contribution in [0, 0.1) is 35.8 Å². The maximum Gasteiger partial charge on any atom is 0.319 e. The number of halogens is 3. The van der Waals surface area contributed by atoms with Gasteiger partial charge in [-0.2, -0.15) is 9.97 Å². The quantitative estimate of drug-likeness (QED) is 0.202. The molecule has 0 spiro atoms. The van der Waals surface area contributed by atoms with Crippen molar-refractivity contribution < 1.29 is 37.3 Å². The molecule has 2 bridgehead atoms. The molecule has 7 heterocycles. The number of ether oxygens (including phenoxy) is 2. The van der Waals surface area contributed by atoms with Crippen LogP contribution in [0.1, 0.15) is 51.5 Å². The molecule has 9 rings (SSSR count). The van der Waals surface area contributed by atoms with Crippen LogP contribution in [0.2, 0.25) is 0 Å². The van der Waals surface area contributed by atoms with E-state index in [9.17, 15) is 23.5 Å². The van der Waals surface area contributed by atoms with E-state index in [4.69, 9.17) is 20.9 Å². The van der Waals surface area contributed by atoms with Gasteiger partial charge in [0.05, 0.1) is 16.5 Å². The second-order valence-corrected chi connectivity index (χ2v) is 15.7. The summed E-state index contributed by atoms with van der Waals surface area (Å²) < 4.78 is 58.3. The Bertz CT molecular complexity index is 2270. The lowest BCUT2D eigenvalue weighted by Crippen LogP contribution is -2.63. The molecule has 1 N–H and O–H groups in total. The van der Waals surface area contributed by atoms with Gasteiger partial charge in [-0.05, 0) is 61.7 Å². The highest BCUT2D eigenvalue weighted by molar-refractivity contribution is 6.03. The number of anilines is 1. The Morgan fingerprint density at radius 1 is 1.17 bits per heavy atom. The van der Waals surface area contributed by atoms with Crippen molar-refractivity contribution in [2.45, 2.75) is 75.8 Å². The maximum absolute atomic E-state index is 17.1. The molecule has 280 valence electrons. The van der Waals surface area contributed by atoms with Crippen LogP contribution >= 0.6 is 0 Å². The molecule has 0 radical (unpaired) electrons. The fraction of sp³-hybridized carbons (Fsp3) is 0.475. The Hall–Kier alpha value is -5.16. The number of aromatic nitrogens is 3. The number of amides is 1. The number of phenolic OH excluding ortho intramolecular Hbond substituents is 1. The van der Waals surface area contributed by atoms with Crippen LogP contribution in [0.15, 0.2) is 30.5 Å². The average molecular weight is 741 g/mol. The van der Waals surface area contributed by atoms with Crippen molar-refractivity contribution in [2.24, 2.45) is 11.8 Å². The van der Waals surface area contributed by atoms with Crippen molar-refractivity contribution in [1.82, 2.24) is 24.8 Å². The number of pyridine rings is 1. The fourth-order valence-corrected chi connectivity index (χ4v) is 9.65. The number of hydrogen-bond donors (Lipinski definition) is 1. The molecule has 2 aromatic carbocycles. The summed E-state index contributed by atoms with van der Waals surface area (Å²) in [6.45, 7) is 5.75. The molecule has 4 aromatic rings. The third kappa shape index (κ3) is 5.33. The lowest BCUT2D eigenvalue weighted by molar-refractivity contribution is -0.197. The molecule has 0 saturated carbocycles. The van der Waals surface area contributed by atoms with Gasteiger partial charge in [0, 0.05) is 55.3 Å². The summed E-state index contributed by atoms with van der Waals surface area (Å²) in [5, 5.41) is 11.5. The smallest absolute Gasteiger partial charge is 0.319 e. The third-order valence-electron chi connectivity index (χ3n) is 12.2.